The minimum Gasteiger partial charge on any atom is -0.354 e. The minimum atomic E-state index is -0.233. The third-order valence-corrected chi connectivity index (χ3v) is 7.51. The Morgan fingerprint density at radius 1 is 0.676 bits per heavy atom. The lowest BCUT2D eigenvalue weighted by Gasteiger charge is -2.24. The molecule has 1 saturated carbocycles. The largest absolute Gasteiger partial charge is 0.354 e. The number of aromatic amines is 1. The summed E-state index contributed by atoms with van der Waals surface area (Å²) in [7, 11) is 0. The van der Waals surface area contributed by atoms with Crippen LogP contribution in [0.4, 0.5) is 4.39 Å². The highest BCUT2D eigenvalue weighted by Gasteiger charge is 2.22. The van der Waals surface area contributed by atoms with E-state index in [9.17, 15) is 4.39 Å². The van der Waals surface area contributed by atoms with E-state index in [0.717, 1.165) is 38.9 Å². The normalized spacial score (nSPS) is 13.9. The summed E-state index contributed by atoms with van der Waals surface area (Å²) in [5, 5.41) is 1.14. The molecule has 0 aliphatic heterocycles. The molecule has 1 nitrogen and oxygen atoms in total. The number of nitrogens with one attached hydrogen (secondary N) is 1. The molecule has 5 aromatic rings. The predicted molar refractivity (Wildman–Crippen MR) is 153 cm³/mol. The van der Waals surface area contributed by atoms with Crippen molar-refractivity contribution >= 4 is 22.0 Å². The van der Waals surface area contributed by atoms with E-state index >= 15 is 0 Å². The maximum absolute atomic E-state index is 13.9. The van der Waals surface area contributed by atoms with Gasteiger partial charge in [0.05, 0.1) is 5.69 Å². The molecule has 0 unspecified atom stereocenters. The monoisotopic (exact) mass is 483 g/mol. The van der Waals surface area contributed by atoms with Gasteiger partial charge in [-0.25, -0.2) is 4.39 Å². The molecule has 0 bridgehead atoms. The number of hydrogen-bond donors (Lipinski definition) is 1. The van der Waals surface area contributed by atoms with E-state index in [1.54, 1.807) is 0 Å². The summed E-state index contributed by atoms with van der Waals surface area (Å²) in [6.45, 7) is 0. The SMILES string of the molecule is Fc1ccc(-c2[nH]c3ccccc3c2C(=C=C(c2ccccc2)C2CCCCC2)c2ccccc2)cc1. The van der Waals surface area contributed by atoms with Gasteiger partial charge in [0, 0.05) is 27.6 Å². The highest BCUT2D eigenvalue weighted by atomic mass is 19.1. The van der Waals surface area contributed by atoms with Gasteiger partial charge in [0.15, 0.2) is 0 Å². The van der Waals surface area contributed by atoms with Crippen LogP contribution in [-0.4, -0.2) is 4.98 Å². The molecule has 1 aliphatic carbocycles. The number of allylic oxidation sites excluding steroid dienone is 1. The van der Waals surface area contributed by atoms with Crippen molar-refractivity contribution in [1.29, 1.82) is 0 Å². The van der Waals surface area contributed by atoms with Crippen LogP contribution in [0, 0.1) is 11.7 Å². The van der Waals surface area contributed by atoms with Crippen LogP contribution >= 0.6 is 0 Å². The fourth-order valence-corrected chi connectivity index (χ4v) is 5.67. The molecule has 1 heterocycles. The first-order chi connectivity index (χ1) is 18.3. The molecule has 0 atom stereocenters. The standard InChI is InChI=1S/C35H30FN/c36-29-22-20-28(21-23-29)35-34(30-18-10-11-19-33(30)37-35)32(27-16-8-3-9-17-27)24-31(25-12-4-1-5-13-25)26-14-6-2-7-15-26/h1,3-5,8-13,16-23,26,37H,2,6-7,14-15H2. The predicted octanol–water partition coefficient (Wildman–Crippen LogP) is 9.67. The first kappa shape index (κ1) is 23.3. The van der Waals surface area contributed by atoms with Gasteiger partial charge >= 0.3 is 0 Å². The van der Waals surface area contributed by atoms with Crippen molar-refractivity contribution in [3.63, 3.8) is 0 Å². The Labute approximate surface area is 218 Å². The van der Waals surface area contributed by atoms with Crippen LogP contribution in [0.5, 0.6) is 0 Å². The zero-order valence-electron chi connectivity index (χ0n) is 20.9. The van der Waals surface area contributed by atoms with Gasteiger partial charge < -0.3 is 4.98 Å². The molecule has 4 aromatic carbocycles. The Hall–Kier alpha value is -4.13. The van der Waals surface area contributed by atoms with E-state index in [1.165, 1.54) is 55.4 Å². The van der Waals surface area contributed by atoms with Crippen molar-refractivity contribution in [3.8, 4) is 11.3 Å². The molecule has 0 amide bonds. The minimum absolute atomic E-state index is 0.233. The highest BCUT2D eigenvalue weighted by molar-refractivity contribution is 6.04. The van der Waals surface area contributed by atoms with E-state index in [2.05, 4.69) is 95.6 Å². The van der Waals surface area contributed by atoms with E-state index in [1.807, 2.05) is 12.1 Å². The smallest absolute Gasteiger partial charge is 0.123 e. The lowest BCUT2D eigenvalue weighted by molar-refractivity contribution is 0.429. The van der Waals surface area contributed by atoms with Gasteiger partial charge in [-0.3, -0.25) is 0 Å². The molecule has 1 N–H and O–H groups in total. The maximum atomic E-state index is 13.9. The Bertz CT molecular complexity index is 1560. The fraction of sp³-hybridized carbons (Fsp3) is 0.171. The van der Waals surface area contributed by atoms with Crippen molar-refractivity contribution in [2.75, 3.05) is 0 Å². The Morgan fingerprint density at radius 3 is 2.00 bits per heavy atom. The van der Waals surface area contributed by atoms with Gasteiger partial charge in [0.2, 0.25) is 0 Å². The molecule has 0 saturated heterocycles. The topological polar surface area (TPSA) is 15.8 Å². The number of para-hydroxylation sites is 1. The lowest BCUT2D eigenvalue weighted by atomic mass is 9.80. The average Bonchev–Trinajstić information content (AvgIpc) is 3.35. The molecule has 0 spiro atoms. The summed E-state index contributed by atoms with van der Waals surface area (Å²) >= 11 is 0. The third kappa shape index (κ3) is 4.81. The van der Waals surface area contributed by atoms with Crippen molar-refractivity contribution in [1.82, 2.24) is 4.98 Å². The van der Waals surface area contributed by atoms with Gasteiger partial charge in [0.1, 0.15) is 5.82 Å². The van der Waals surface area contributed by atoms with Crippen LogP contribution < -0.4 is 0 Å². The molecule has 1 aliphatic rings. The van der Waals surface area contributed by atoms with Crippen LogP contribution in [0.3, 0.4) is 0 Å². The highest BCUT2D eigenvalue weighted by Crippen LogP contribution is 2.41. The Kier molecular flexibility index (Phi) is 6.58. The molecule has 6 rings (SSSR count). The van der Waals surface area contributed by atoms with Crippen molar-refractivity contribution < 1.29 is 4.39 Å². The fourth-order valence-electron chi connectivity index (χ4n) is 5.67. The van der Waals surface area contributed by atoms with Crippen LogP contribution in [0.15, 0.2) is 115 Å². The van der Waals surface area contributed by atoms with E-state index < -0.39 is 0 Å². The summed E-state index contributed by atoms with van der Waals surface area (Å²) < 4.78 is 13.9. The Balaban J connectivity index is 1.71. The second-order valence-corrected chi connectivity index (χ2v) is 9.91. The zero-order chi connectivity index (χ0) is 25.0. The zero-order valence-corrected chi connectivity index (χ0v) is 20.9. The van der Waals surface area contributed by atoms with Crippen LogP contribution in [0.1, 0.15) is 48.8 Å². The van der Waals surface area contributed by atoms with Gasteiger partial charge in [-0.1, -0.05) is 98.1 Å². The molecule has 0 radical (unpaired) electrons. The molecule has 182 valence electrons. The number of aromatic nitrogens is 1. The van der Waals surface area contributed by atoms with Crippen molar-refractivity contribution in [2.45, 2.75) is 32.1 Å². The molecular weight excluding hydrogens is 453 g/mol. The summed E-state index contributed by atoms with van der Waals surface area (Å²) in [5.74, 6) is 0.248. The van der Waals surface area contributed by atoms with Gasteiger partial charge in [-0.05, 0) is 65.8 Å². The Morgan fingerprint density at radius 2 is 1.30 bits per heavy atom. The third-order valence-electron chi connectivity index (χ3n) is 7.51. The second-order valence-electron chi connectivity index (χ2n) is 9.91. The van der Waals surface area contributed by atoms with Crippen molar-refractivity contribution in [3.05, 3.63) is 137 Å². The van der Waals surface area contributed by atoms with E-state index in [4.69, 9.17) is 0 Å². The number of rotatable bonds is 5. The number of hydrogen-bond acceptors (Lipinski definition) is 0. The van der Waals surface area contributed by atoms with Crippen LogP contribution in [-0.2, 0) is 0 Å². The summed E-state index contributed by atoms with van der Waals surface area (Å²) in [6.07, 6.45) is 6.22. The maximum Gasteiger partial charge on any atom is 0.123 e. The molecule has 2 heteroatoms. The summed E-state index contributed by atoms with van der Waals surface area (Å²) in [5.41, 5.74) is 12.9. The van der Waals surface area contributed by atoms with E-state index in [-0.39, 0.29) is 5.82 Å². The number of benzene rings is 4. The molecule has 37 heavy (non-hydrogen) atoms. The van der Waals surface area contributed by atoms with E-state index in [0.29, 0.717) is 5.92 Å². The number of H-pyrrole nitrogens is 1. The van der Waals surface area contributed by atoms with Gasteiger partial charge in [-0.15, -0.1) is 5.73 Å². The number of fused-ring (bicyclic) bond motifs is 1. The first-order valence-electron chi connectivity index (χ1n) is 13.3. The first-order valence-corrected chi connectivity index (χ1v) is 13.3. The number of halogens is 1. The molecule has 1 aromatic heterocycles. The summed E-state index contributed by atoms with van der Waals surface area (Å²) in [4.78, 5) is 3.65. The van der Waals surface area contributed by atoms with Gasteiger partial charge in [0.25, 0.3) is 0 Å². The van der Waals surface area contributed by atoms with Crippen LogP contribution in [0.25, 0.3) is 33.3 Å². The molecule has 1 fully saturated rings. The summed E-state index contributed by atoms with van der Waals surface area (Å²) in [6, 6.07) is 36.5. The second kappa shape index (κ2) is 10.5. The molecular formula is C35H30FN. The van der Waals surface area contributed by atoms with Crippen molar-refractivity contribution in [2.24, 2.45) is 5.92 Å². The lowest BCUT2D eigenvalue weighted by Crippen LogP contribution is -2.08. The van der Waals surface area contributed by atoms with Gasteiger partial charge in [-0.2, -0.15) is 0 Å². The van der Waals surface area contributed by atoms with Crippen LogP contribution in [0.2, 0.25) is 0 Å². The average molecular weight is 484 g/mol. The quantitative estimate of drug-likeness (QED) is 0.240.